The molecule has 0 spiro atoms. The number of rotatable bonds is 4. The maximum absolute atomic E-state index is 4.80. The molecule has 0 fully saturated rings. The zero-order valence-electron chi connectivity index (χ0n) is 14.2. The van der Waals surface area contributed by atoms with Crippen molar-refractivity contribution >= 4 is 0 Å². The highest BCUT2D eigenvalue weighted by Crippen LogP contribution is 2.30. The number of aryl methyl sites for hydroxylation is 1. The molecule has 6 nitrogen and oxygen atoms in total. The standard InChI is InChI=1S/C17H22N6/c1-11(2)15-13(5)20-17(22-7-6-18-10-22)21-16(15)14-8-19-23(9-14)12(3)4/h6-12H,1-5H3. The summed E-state index contributed by atoms with van der Waals surface area (Å²) in [5.74, 6) is 0.973. The van der Waals surface area contributed by atoms with Crippen LogP contribution in [-0.2, 0) is 0 Å². The predicted molar refractivity (Wildman–Crippen MR) is 89.6 cm³/mol. The van der Waals surface area contributed by atoms with Crippen LogP contribution in [0.4, 0.5) is 0 Å². The molecular formula is C17H22N6. The van der Waals surface area contributed by atoms with E-state index in [-0.39, 0.29) is 0 Å². The second-order valence-corrected chi connectivity index (χ2v) is 6.30. The summed E-state index contributed by atoms with van der Waals surface area (Å²) in [6, 6.07) is 0.322. The highest BCUT2D eigenvalue weighted by Gasteiger charge is 2.18. The summed E-state index contributed by atoms with van der Waals surface area (Å²) >= 11 is 0. The molecule has 0 N–H and O–H groups in total. The van der Waals surface area contributed by atoms with Crippen molar-refractivity contribution in [1.29, 1.82) is 0 Å². The van der Waals surface area contributed by atoms with E-state index >= 15 is 0 Å². The molecule has 120 valence electrons. The van der Waals surface area contributed by atoms with E-state index in [0.29, 0.717) is 17.9 Å². The Morgan fingerprint density at radius 3 is 2.43 bits per heavy atom. The molecule has 3 rings (SSSR count). The predicted octanol–water partition coefficient (Wildman–Crippen LogP) is 3.54. The highest BCUT2D eigenvalue weighted by molar-refractivity contribution is 5.64. The van der Waals surface area contributed by atoms with Gasteiger partial charge in [0, 0.05) is 41.5 Å². The minimum Gasteiger partial charge on any atom is -0.274 e. The minimum atomic E-state index is 0.322. The molecule has 0 aliphatic carbocycles. The fourth-order valence-electron chi connectivity index (χ4n) is 2.71. The van der Waals surface area contributed by atoms with Crippen molar-refractivity contribution in [2.45, 2.75) is 46.6 Å². The van der Waals surface area contributed by atoms with Crippen LogP contribution in [0.25, 0.3) is 17.2 Å². The lowest BCUT2D eigenvalue weighted by Gasteiger charge is -2.15. The van der Waals surface area contributed by atoms with Crippen LogP contribution in [0.2, 0.25) is 0 Å². The Labute approximate surface area is 136 Å². The van der Waals surface area contributed by atoms with Crippen molar-refractivity contribution in [1.82, 2.24) is 29.3 Å². The average molecular weight is 310 g/mol. The van der Waals surface area contributed by atoms with Crippen molar-refractivity contribution < 1.29 is 0 Å². The van der Waals surface area contributed by atoms with Gasteiger partial charge in [0.1, 0.15) is 6.33 Å². The molecular weight excluding hydrogens is 288 g/mol. The van der Waals surface area contributed by atoms with E-state index in [4.69, 9.17) is 4.98 Å². The second kappa shape index (κ2) is 5.95. The number of nitrogens with zero attached hydrogens (tertiary/aromatic N) is 6. The van der Waals surface area contributed by atoms with Crippen molar-refractivity contribution in [3.63, 3.8) is 0 Å². The molecule has 0 aliphatic rings. The van der Waals surface area contributed by atoms with Gasteiger partial charge in [-0.25, -0.2) is 15.0 Å². The van der Waals surface area contributed by atoms with Gasteiger partial charge in [-0.05, 0) is 26.7 Å². The number of imidazole rings is 1. The van der Waals surface area contributed by atoms with E-state index in [2.05, 4.69) is 49.0 Å². The third-order valence-corrected chi connectivity index (χ3v) is 3.84. The monoisotopic (exact) mass is 310 g/mol. The first-order valence-corrected chi connectivity index (χ1v) is 7.88. The zero-order chi connectivity index (χ0) is 16.6. The Morgan fingerprint density at radius 1 is 1.09 bits per heavy atom. The van der Waals surface area contributed by atoms with Crippen molar-refractivity contribution in [3.8, 4) is 17.2 Å². The first-order valence-electron chi connectivity index (χ1n) is 7.88. The van der Waals surface area contributed by atoms with Crippen molar-refractivity contribution in [3.05, 3.63) is 42.4 Å². The van der Waals surface area contributed by atoms with Crippen LogP contribution in [0.5, 0.6) is 0 Å². The molecule has 0 aliphatic heterocycles. The Kier molecular flexibility index (Phi) is 3.98. The van der Waals surface area contributed by atoms with Gasteiger partial charge >= 0.3 is 0 Å². The first kappa shape index (κ1) is 15.4. The fraction of sp³-hybridized carbons (Fsp3) is 0.412. The molecule has 23 heavy (non-hydrogen) atoms. The summed E-state index contributed by atoms with van der Waals surface area (Å²) in [6.45, 7) is 10.6. The summed E-state index contributed by atoms with van der Waals surface area (Å²) in [4.78, 5) is 13.5. The van der Waals surface area contributed by atoms with Crippen LogP contribution in [0.1, 0.15) is 50.9 Å². The number of hydrogen-bond acceptors (Lipinski definition) is 4. The van der Waals surface area contributed by atoms with E-state index < -0.39 is 0 Å². The molecule has 0 aromatic carbocycles. The molecule has 0 amide bonds. The summed E-state index contributed by atoms with van der Waals surface area (Å²) in [5, 5.41) is 4.45. The number of aromatic nitrogens is 6. The van der Waals surface area contributed by atoms with Crippen LogP contribution in [0.3, 0.4) is 0 Å². The highest BCUT2D eigenvalue weighted by atomic mass is 15.3. The second-order valence-electron chi connectivity index (χ2n) is 6.30. The van der Waals surface area contributed by atoms with Gasteiger partial charge < -0.3 is 0 Å². The van der Waals surface area contributed by atoms with E-state index in [1.807, 2.05) is 28.6 Å². The lowest BCUT2D eigenvalue weighted by Crippen LogP contribution is -2.08. The molecule has 3 heterocycles. The molecule has 0 radical (unpaired) electrons. The lowest BCUT2D eigenvalue weighted by atomic mass is 9.97. The van der Waals surface area contributed by atoms with Crippen LogP contribution in [0.15, 0.2) is 31.1 Å². The Morgan fingerprint density at radius 2 is 1.87 bits per heavy atom. The van der Waals surface area contributed by atoms with E-state index in [9.17, 15) is 0 Å². The van der Waals surface area contributed by atoms with Gasteiger partial charge in [-0.2, -0.15) is 5.10 Å². The van der Waals surface area contributed by atoms with Gasteiger partial charge in [0.2, 0.25) is 5.95 Å². The average Bonchev–Trinajstić information content (AvgIpc) is 3.17. The maximum Gasteiger partial charge on any atom is 0.235 e. The first-order chi connectivity index (χ1) is 11.0. The van der Waals surface area contributed by atoms with Gasteiger partial charge in [-0.1, -0.05) is 13.8 Å². The van der Waals surface area contributed by atoms with Gasteiger partial charge in [0.25, 0.3) is 0 Å². The maximum atomic E-state index is 4.80. The zero-order valence-corrected chi connectivity index (χ0v) is 14.2. The van der Waals surface area contributed by atoms with E-state index in [1.54, 1.807) is 12.5 Å². The summed E-state index contributed by atoms with van der Waals surface area (Å²) in [5.41, 5.74) is 4.13. The third kappa shape index (κ3) is 2.88. The van der Waals surface area contributed by atoms with Crippen molar-refractivity contribution in [2.24, 2.45) is 0 Å². The smallest absolute Gasteiger partial charge is 0.235 e. The summed E-state index contributed by atoms with van der Waals surface area (Å²) in [7, 11) is 0. The SMILES string of the molecule is Cc1nc(-n2ccnc2)nc(-c2cnn(C(C)C)c2)c1C(C)C. The Hall–Kier alpha value is -2.50. The Bertz CT molecular complexity index is 799. The molecule has 0 bridgehead atoms. The van der Waals surface area contributed by atoms with Crippen LogP contribution in [0, 0.1) is 6.92 Å². The topological polar surface area (TPSA) is 61.4 Å². The minimum absolute atomic E-state index is 0.322. The molecule has 3 aromatic rings. The Balaban J connectivity index is 2.19. The van der Waals surface area contributed by atoms with Crippen LogP contribution in [-0.4, -0.2) is 29.3 Å². The number of hydrogen-bond donors (Lipinski definition) is 0. The molecule has 0 atom stereocenters. The van der Waals surface area contributed by atoms with E-state index in [0.717, 1.165) is 22.5 Å². The molecule has 3 aromatic heterocycles. The summed E-state index contributed by atoms with van der Waals surface area (Å²) < 4.78 is 3.78. The normalized spacial score (nSPS) is 11.6. The quantitative estimate of drug-likeness (QED) is 0.739. The van der Waals surface area contributed by atoms with Gasteiger partial charge in [0.15, 0.2) is 0 Å². The molecule has 0 saturated carbocycles. The largest absolute Gasteiger partial charge is 0.274 e. The molecule has 0 unspecified atom stereocenters. The molecule has 0 saturated heterocycles. The molecule has 6 heteroatoms. The van der Waals surface area contributed by atoms with Crippen LogP contribution >= 0.6 is 0 Å². The van der Waals surface area contributed by atoms with Gasteiger partial charge in [0.05, 0.1) is 11.9 Å². The van der Waals surface area contributed by atoms with E-state index in [1.165, 1.54) is 0 Å². The lowest BCUT2D eigenvalue weighted by molar-refractivity contribution is 0.532. The summed E-state index contributed by atoms with van der Waals surface area (Å²) in [6.07, 6.45) is 9.23. The fourth-order valence-corrected chi connectivity index (χ4v) is 2.71. The van der Waals surface area contributed by atoms with Crippen molar-refractivity contribution in [2.75, 3.05) is 0 Å². The van der Waals surface area contributed by atoms with Gasteiger partial charge in [-0.3, -0.25) is 9.25 Å². The van der Waals surface area contributed by atoms with Gasteiger partial charge in [-0.15, -0.1) is 0 Å². The third-order valence-electron chi connectivity index (χ3n) is 3.84. The van der Waals surface area contributed by atoms with Crippen LogP contribution < -0.4 is 0 Å².